The third kappa shape index (κ3) is 4.44. The molecule has 4 rings (SSSR count). The molecular formula is C21H31N3O4S. The highest BCUT2D eigenvalue weighted by atomic mass is 32.2. The number of amides is 1. The van der Waals surface area contributed by atoms with Crippen LogP contribution in [0.4, 0.5) is 11.4 Å². The minimum atomic E-state index is -3.30. The van der Waals surface area contributed by atoms with Crippen molar-refractivity contribution in [2.24, 2.45) is 11.3 Å². The normalized spacial score (nSPS) is 25.3. The van der Waals surface area contributed by atoms with Gasteiger partial charge in [0.2, 0.25) is 15.9 Å². The monoisotopic (exact) mass is 421 g/mol. The van der Waals surface area contributed by atoms with Crippen LogP contribution in [0.25, 0.3) is 0 Å². The van der Waals surface area contributed by atoms with Crippen molar-refractivity contribution in [3.8, 4) is 0 Å². The van der Waals surface area contributed by atoms with Crippen LogP contribution in [0.15, 0.2) is 24.3 Å². The Labute approximate surface area is 173 Å². The van der Waals surface area contributed by atoms with Crippen molar-refractivity contribution < 1.29 is 17.9 Å². The van der Waals surface area contributed by atoms with E-state index in [2.05, 4.69) is 10.2 Å². The number of benzene rings is 1. The zero-order valence-electron chi connectivity index (χ0n) is 17.1. The first-order valence-electron chi connectivity index (χ1n) is 10.6. The van der Waals surface area contributed by atoms with Crippen molar-refractivity contribution in [2.45, 2.75) is 32.1 Å². The number of rotatable bonds is 4. The maximum absolute atomic E-state index is 13.2. The number of carbonyl (C=O) groups is 1. The molecule has 2 aliphatic heterocycles. The van der Waals surface area contributed by atoms with Gasteiger partial charge in [-0.25, -0.2) is 12.7 Å². The third-order valence-electron chi connectivity index (χ3n) is 6.76. The quantitative estimate of drug-likeness (QED) is 0.807. The fraction of sp³-hybridized carbons (Fsp3) is 0.667. The Morgan fingerprint density at radius 3 is 2.38 bits per heavy atom. The minimum Gasteiger partial charge on any atom is -0.378 e. The Hall–Kier alpha value is -1.64. The highest BCUT2D eigenvalue weighted by molar-refractivity contribution is 7.88. The van der Waals surface area contributed by atoms with Crippen LogP contribution in [0.1, 0.15) is 32.1 Å². The lowest BCUT2D eigenvalue weighted by Crippen LogP contribution is -2.39. The number of hydrogen-bond donors (Lipinski definition) is 1. The van der Waals surface area contributed by atoms with E-state index in [1.165, 1.54) is 10.6 Å². The largest absolute Gasteiger partial charge is 0.378 e. The van der Waals surface area contributed by atoms with Crippen LogP contribution >= 0.6 is 0 Å². The first-order valence-corrected chi connectivity index (χ1v) is 12.4. The molecule has 3 aliphatic rings. The molecule has 160 valence electrons. The summed E-state index contributed by atoms with van der Waals surface area (Å²) in [7, 11) is -3.30. The molecule has 2 saturated heterocycles. The Kier molecular flexibility index (Phi) is 5.86. The molecule has 1 spiro atoms. The summed E-state index contributed by atoms with van der Waals surface area (Å²) in [6, 6.07) is 7.91. The zero-order chi connectivity index (χ0) is 20.5. The molecule has 1 N–H and O–H groups in total. The highest BCUT2D eigenvalue weighted by Crippen LogP contribution is 2.48. The summed E-state index contributed by atoms with van der Waals surface area (Å²) < 4.78 is 31.2. The number of ether oxygens (including phenoxy) is 1. The number of sulfonamides is 1. The van der Waals surface area contributed by atoms with Crippen LogP contribution in [0.2, 0.25) is 0 Å². The Bertz CT molecular complexity index is 828. The second kappa shape index (κ2) is 8.24. The van der Waals surface area contributed by atoms with E-state index in [1.54, 1.807) is 0 Å². The molecule has 0 radical (unpaired) electrons. The van der Waals surface area contributed by atoms with E-state index in [4.69, 9.17) is 4.74 Å². The Morgan fingerprint density at radius 2 is 1.76 bits per heavy atom. The van der Waals surface area contributed by atoms with E-state index < -0.39 is 10.0 Å². The summed E-state index contributed by atoms with van der Waals surface area (Å²) >= 11 is 0. The molecule has 1 amide bonds. The standard InChI is InChI=1S/C21H31N3O4S/c1-29(26,27)24-15-19(21(16-24)9-3-2-4-10-21)20(25)22-17-5-7-18(8-6-17)23-11-13-28-14-12-23/h5-8,19H,2-4,9-16H2,1H3,(H,22,25)/t19-/m1/s1. The number of morpholine rings is 1. The molecule has 1 aliphatic carbocycles. The first-order chi connectivity index (χ1) is 13.9. The number of carbonyl (C=O) groups excluding carboxylic acids is 1. The number of nitrogens with zero attached hydrogens (tertiary/aromatic N) is 2. The van der Waals surface area contributed by atoms with Crippen molar-refractivity contribution in [1.82, 2.24) is 4.31 Å². The summed E-state index contributed by atoms with van der Waals surface area (Å²) in [6.45, 7) is 3.98. The molecule has 0 unspecified atom stereocenters. The topological polar surface area (TPSA) is 79.0 Å². The van der Waals surface area contributed by atoms with Crippen molar-refractivity contribution in [1.29, 1.82) is 0 Å². The first kappa shape index (κ1) is 20.6. The van der Waals surface area contributed by atoms with Gasteiger partial charge in [-0.05, 0) is 42.5 Å². The lowest BCUT2D eigenvalue weighted by Gasteiger charge is -2.37. The maximum atomic E-state index is 13.2. The fourth-order valence-electron chi connectivity index (χ4n) is 5.11. The average molecular weight is 422 g/mol. The molecule has 29 heavy (non-hydrogen) atoms. The van der Waals surface area contributed by atoms with Gasteiger partial charge in [0.25, 0.3) is 0 Å². The van der Waals surface area contributed by atoms with Crippen LogP contribution in [0.5, 0.6) is 0 Å². The van der Waals surface area contributed by atoms with Crippen LogP contribution in [-0.2, 0) is 19.6 Å². The zero-order valence-corrected chi connectivity index (χ0v) is 17.9. The van der Waals surface area contributed by atoms with Crippen LogP contribution in [0.3, 0.4) is 0 Å². The fourth-order valence-corrected chi connectivity index (χ4v) is 6.02. The third-order valence-corrected chi connectivity index (χ3v) is 7.98. The lowest BCUT2D eigenvalue weighted by atomic mass is 9.67. The van der Waals surface area contributed by atoms with Crippen molar-refractivity contribution in [3.05, 3.63) is 24.3 Å². The second-order valence-electron chi connectivity index (χ2n) is 8.67. The molecular weight excluding hydrogens is 390 g/mol. The van der Waals surface area contributed by atoms with Gasteiger partial charge in [0, 0.05) is 37.6 Å². The van der Waals surface area contributed by atoms with E-state index in [9.17, 15) is 13.2 Å². The Balaban J connectivity index is 1.47. The Morgan fingerprint density at radius 1 is 1.10 bits per heavy atom. The summed E-state index contributed by atoms with van der Waals surface area (Å²) in [6.07, 6.45) is 6.39. The second-order valence-corrected chi connectivity index (χ2v) is 10.6. The molecule has 3 fully saturated rings. The number of nitrogens with one attached hydrogen (secondary N) is 1. The van der Waals surface area contributed by atoms with Gasteiger partial charge in [0.1, 0.15) is 0 Å². The molecule has 1 saturated carbocycles. The van der Waals surface area contributed by atoms with E-state index in [-0.39, 0.29) is 23.8 Å². The van der Waals surface area contributed by atoms with Gasteiger partial charge >= 0.3 is 0 Å². The maximum Gasteiger partial charge on any atom is 0.229 e. The van der Waals surface area contributed by atoms with Crippen LogP contribution in [-0.4, -0.2) is 64.3 Å². The molecule has 1 aromatic carbocycles. The summed E-state index contributed by atoms with van der Waals surface area (Å²) in [4.78, 5) is 15.5. The van der Waals surface area contributed by atoms with Crippen LogP contribution < -0.4 is 10.2 Å². The van der Waals surface area contributed by atoms with E-state index in [1.807, 2.05) is 24.3 Å². The van der Waals surface area contributed by atoms with Gasteiger partial charge in [-0.1, -0.05) is 19.3 Å². The van der Waals surface area contributed by atoms with Crippen molar-refractivity contribution in [3.63, 3.8) is 0 Å². The summed E-state index contributed by atoms with van der Waals surface area (Å²) in [5.41, 5.74) is 1.66. The van der Waals surface area contributed by atoms with Crippen molar-refractivity contribution >= 4 is 27.3 Å². The molecule has 1 atom stereocenters. The molecule has 8 heteroatoms. The molecule has 7 nitrogen and oxygen atoms in total. The summed E-state index contributed by atoms with van der Waals surface area (Å²) in [5.74, 6) is -0.353. The summed E-state index contributed by atoms with van der Waals surface area (Å²) in [5, 5.41) is 3.05. The van der Waals surface area contributed by atoms with Gasteiger partial charge in [-0.15, -0.1) is 0 Å². The van der Waals surface area contributed by atoms with E-state index in [0.717, 1.165) is 69.8 Å². The SMILES string of the molecule is CS(=O)(=O)N1C[C@H](C(=O)Nc2ccc(N3CCOCC3)cc2)C2(CCCCC2)C1. The van der Waals surface area contributed by atoms with Gasteiger partial charge in [0.05, 0.1) is 25.4 Å². The van der Waals surface area contributed by atoms with E-state index >= 15 is 0 Å². The lowest BCUT2D eigenvalue weighted by molar-refractivity contribution is -0.123. The highest BCUT2D eigenvalue weighted by Gasteiger charge is 2.52. The van der Waals surface area contributed by atoms with Gasteiger partial charge in [0.15, 0.2) is 0 Å². The van der Waals surface area contributed by atoms with Crippen molar-refractivity contribution in [2.75, 3.05) is 55.9 Å². The molecule has 0 aromatic heterocycles. The van der Waals surface area contributed by atoms with Gasteiger partial charge in [-0.2, -0.15) is 0 Å². The predicted octanol–water partition coefficient (Wildman–Crippen LogP) is 2.30. The predicted molar refractivity (Wildman–Crippen MR) is 114 cm³/mol. The number of anilines is 2. The van der Waals surface area contributed by atoms with E-state index in [0.29, 0.717) is 6.54 Å². The molecule has 1 aromatic rings. The minimum absolute atomic E-state index is 0.0582. The van der Waals surface area contributed by atoms with Gasteiger partial charge < -0.3 is 15.0 Å². The molecule has 0 bridgehead atoms. The van der Waals surface area contributed by atoms with Gasteiger partial charge in [-0.3, -0.25) is 4.79 Å². The molecule has 2 heterocycles. The smallest absolute Gasteiger partial charge is 0.229 e. The average Bonchev–Trinajstić information content (AvgIpc) is 3.09. The number of hydrogen-bond acceptors (Lipinski definition) is 5. The van der Waals surface area contributed by atoms with Crippen LogP contribution in [0, 0.1) is 11.3 Å².